The first-order valence-electron chi connectivity index (χ1n) is 5.36. The standard InChI is InChI=1S/C11H11ClN4O2S/c1-16-10(18)14-15-11(16)19-6-9(17)13-8-5-3-2-4-7(8)12/h2-5H,6H2,1H3,(H,13,17)(H,14,18). The third-order valence-electron chi connectivity index (χ3n) is 2.32. The van der Waals surface area contributed by atoms with Crippen molar-refractivity contribution in [3.8, 4) is 0 Å². The van der Waals surface area contributed by atoms with E-state index >= 15 is 0 Å². The second-order valence-corrected chi connectivity index (χ2v) is 5.04. The number of anilines is 1. The molecular formula is C11H11ClN4O2S. The number of nitrogens with zero attached hydrogens (tertiary/aromatic N) is 2. The zero-order valence-electron chi connectivity index (χ0n) is 10.0. The van der Waals surface area contributed by atoms with Gasteiger partial charge in [-0.3, -0.25) is 9.36 Å². The highest BCUT2D eigenvalue weighted by molar-refractivity contribution is 7.99. The molecule has 2 aromatic rings. The Bertz CT molecular complexity index is 652. The molecule has 0 saturated carbocycles. The van der Waals surface area contributed by atoms with Crippen LogP contribution in [-0.4, -0.2) is 26.4 Å². The van der Waals surface area contributed by atoms with Gasteiger partial charge in [-0.1, -0.05) is 35.5 Å². The topological polar surface area (TPSA) is 79.8 Å². The molecule has 0 saturated heterocycles. The van der Waals surface area contributed by atoms with E-state index in [-0.39, 0.29) is 17.3 Å². The fraction of sp³-hybridized carbons (Fsp3) is 0.182. The number of thioether (sulfide) groups is 1. The molecule has 0 unspecified atom stereocenters. The average molecular weight is 299 g/mol. The van der Waals surface area contributed by atoms with E-state index in [2.05, 4.69) is 15.5 Å². The van der Waals surface area contributed by atoms with Gasteiger partial charge in [-0.15, -0.1) is 5.10 Å². The summed E-state index contributed by atoms with van der Waals surface area (Å²) in [5.41, 5.74) is 0.250. The number of aromatic nitrogens is 3. The third kappa shape index (κ3) is 3.39. The van der Waals surface area contributed by atoms with E-state index in [1.54, 1.807) is 31.3 Å². The van der Waals surface area contributed by atoms with Crippen molar-refractivity contribution in [2.24, 2.45) is 7.05 Å². The van der Waals surface area contributed by atoms with Crippen LogP contribution in [0.25, 0.3) is 0 Å². The maximum absolute atomic E-state index is 11.7. The van der Waals surface area contributed by atoms with Crippen LogP contribution in [-0.2, 0) is 11.8 Å². The highest BCUT2D eigenvalue weighted by Gasteiger charge is 2.09. The fourth-order valence-corrected chi connectivity index (χ4v) is 2.24. The number of aromatic amines is 1. The van der Waals surface area contributed by atoms with E-state index in [1.165, 1.54) is 16.3 Å². The largest absolute Gasteiger partial charge is 0.343 e. The minimum absolute atomic E-state index is 0.142. The van der Waals surface area contributed by atoms with Crippen LogP contribution in [0.5, 0.6) is 0 Å². The normalized spacial score (nSPS) is 10.4. The van der Waals surface area contributed by atoms with Gasteiger partial charge in [-0.25, -0.2) is 9.89 Å². The average Bonchev–Trinajstić information content (AvgIpc) is 2.70. The molecule has 0 spiro atoms. The molecular weight excluding hydrogens is 288 g/mol. The van der Waals surface area contributed by atoms with Gasteiger partial charge in [0, 0.05) is 7.05 Å². The molecule has 8 heteroatoms. The Morgan fingerprint density at radius 1 is 1.53 bits per heavy atom. The van der Waals surface area contributed by atoms with E-state index < -0.39 is 0 Å². The molecule has 1 aromatic carbocycles. The zero-order valence-corrected chi connectivity index (χ0v) is 11.6. The van der Waals surface area contributed by atoms with Crippen LogP contribution >= 0.6 is 23.4 Å². The SMILES string of the molecule is Cn1c(SCC(=O)Nc2ccccc2Cl)n[nH]c1=O. The van der Waals surface area contributed by atoms with Gasteiger partial charge in [-0.05, 0) is 12.1 Å². The van der Waals surface area contributed by atoms with Crippen LogP contribution in [0.4, 0.5) is 5.69 Å². The molecule has 0 aliphatic carbocycles. The molecule has 100 valence electrons. The number of hydrogen-bond donors (Lipinski definition) is 2. The van der Waals surface area contributed by atoms with Gasteiger partial charge in [0.25, 0.3) is 0 Å². The van der Waals surface area contributed by atoms with Gasteiger partial charge in [-0.2, -0.15) is 0 Å². The van der Waals surface area contributed by atoms with E-state index in [9.17, 15) is 9.59 Å². The zero-order chi connectivity index (χ0) is 13.8. The van der Waals surface area contributed by atoms with Gasteiger partial charge in [0.2, 0.25) is 5.91 Å². The number of para-hydroxylation sites is 1. The summed E-state index contributed by atoms with van der Waals surface area (Å²) in [4.78, 5) is 22.9. The van der Waals surface area contributed by atoms with Crippen molar-refractivity contribution in [1.82, 2.24) is 14.8 Å². The predicted molar refractivity (Wildman–Crippen MR) is 74.6 cm³/mol. The van der Waals surface area contributed by atoms with Crippen LogP contribution in [0.2, 0.25) is 5.02 Å². The van der Waals surface area contributed by atoms with Crippen molar-refractivity contribution in [2.75, 3.05) is 11.1 Å². The summed E-state index contributed by atoms with van der Waals surface area (Å²) < 4.78 is 1.34. The van der Waals surface area contributed by atoms with Crippen LogP contribution in [0.1, 0.15) is 0 Å². The van der Waals surface area contributed by atoms with Crippen LogP contribution < -0.4 is 11.0 Å². The summed E-state index contributed by atoms with van der Waals surface area (Å²) in [6, 6.07) is 6.98. The molecule has 1 amide bonds. The van der Waals surface area contributed by atoms with Gasteiger partial charge < -0.3 is 5.32 Å². The van der Waals surface area contributed by atoms with Crippen molar-refractivity contribution in [1.29, 1.82) is 0 Å². The number of nitrogens with one attached hydrogen (secondary N) is 2. The molecule has 0 atom stereocenters. The Hall–Kier alpha value is -1.73. The fourth-order valence-electron chi connectivity index (χ4n) is 1.34. The first-order chi connectivity index (χ1) is 9.08. The lowest BCUT2D eigenvalue weighted by Crippen LogP contribution is -2.16. The van der Waals surface area contributed by atoms with Gasteiger partial charge in [0.1, 0.15) is 0 Å². The number of H-pyrrole nitrogens is 1. The number of halogens is 1. The van der Waals surface area contributed by atoms with Crippen LogP contribution in [0.15, 0.2) is 34.2 Å². The molecule has 19 heavy (non-hydrogen) atoms. The summed E-state index contributed by atoms with van der Waals surface area (Å²) in [5.74, 6) is -0.0721. The Labute approximate surface area is 118 Å². The number of rotatable bonds is 4. The monoisotopic (exact) mass is 298 g/mol. The Balaban J connectivity index is 1.94. The summed E-state index contributed by atoms with van der Waals surface area (Å²) in [6.07, 6.45) is 0. The Morgan fingerprint density at radius 2 is 2.26 bits per heavy atom. The summed E-state index contributed by atoms with van der Waals surface area (Å²) in [7, 11) is 1.58. The third-order valence-corrected chi connectivity index (χ3v) is 3.68. The molecule has 6 nitrogen and oxygen atoms in total. The molecule has 1 aromatic heterocycles. The van der Waals surface area contributed by atoms with E-state index in [4.69, 9.17) is 11.6 Å². The lowest BCUT2D eigenvalue weighted by molar-refractivity contribution is -0.113. The predicted octanol–water partition coefficient (Wildman–Crippen LogP) is 1.49. The lowest BCUT2D eigenvalue weighted by atomic mass is 10.3. The number of carbonyl (C=O) groups is 1. The van der Waals surface area contributed by atoms with Crippen molar-refractivity contribution in [2.45, 2.75) is 5.16 Å². The molecule has 0 aliphatic rings. The maximum Gasteiger partial charge on any atom is 0.343 e. The van der Waals surface area contributed by atoms with Gasteiger partial charge in [0.15, 0.2) is 5.16 Å². The van der Waals surface area contributed by atoms with Crippen molar-refractivity contribution in [3.63, 3.8) is 0 Å². The summed E-state index contributed by atoms with van der Waals surface area (Å²) in [6.45, 7) is 0. The van der Waals surface area contributed by atoms with Crippen molar-refractivity contribution in [3.05, 3.63) is 39.8 Å². The molecule has 2 N–H and O–H groups in total. The van der Waals surface area contributed by atoms with Crippen LogP contribution in [0.3, 0.4) is 0 Å². The molecule has 0 radical (unpaired) electrons. The molecule has 0 aliphatic heterocycles. The lowest BCUT2D eigenvalue weighted by Gasteiger charge is -2.06. The number of benzene rings is 1. The van der Waals surface area contributed by atoms with E-state index in [0.717, 1.165) is 0 Å². The first-order valence-corrected chi connectivity index (χ1v) is 6.73. The Kier molecular flexibility index (Phi) is 4.28. The quantitative estimate of drug-likeness (QED) is 0.838. The maximum atomic E-state index is 11.7. The second-order valence-electron chi connectivity index (χ2n) is 3.69. The Morgan fingerprint density at radius 3 is 2.89 bits per heavy atom. The van der Waals surface area contributed by atoms with E-state index in [0.29, 0.717) is 15.9 Å². The minimum Gasteiger partial charge on any atom is -0.324 e. The van der Waals surface area contributed by atoms with Crippen LogP contribution in [0, 0.1) is 0 Å². The van der Waals surface area contributed by atoms with Crippen molar-refractivity contribution < 1.29 is 4.79 Å². The highest BCUT2D eigenvalue weighted by atomic mass is 35.5. The smallest absolute Gasteiger partial charge is 0.324 e. The van der Waals surface area contributed by atoms with Gasteiger partial charge in [0.05, 0.1) is 16.5 Å². The molecule has 0 bridgehead atoms. The number of hydrogen-bond acceptors (Lipinski definition) is 4. The minimum atomic E-state index is -0.311. The first kappa shape index (κ1) is 13.7. The van der Waals surface area contributed by atoms with E-state index in [1.807, 2.05) is 0 Å². The number of amides is 1. The number of carbonyl (C=O) groups excluding carboxylic acids is 1. The molecule has 1 heterocycles. The summed E-state index contributed by atoms with van der Waals surface area (Å²) >= 11 is 7.10. The van der Waals surface area contributed by atoms with Gasteiger partial charge >= 0.3 is 5.69 Å². The molecule has 0 fully saturated rings. The second kappa shape index (κ2) is 5.94. The highest BCUT2D eigenvalue weighted by Crippen LogP contribution is 2.21. The summed E-state index contributed by atoms with van der Waals surface area (Å²) in [5, 5.41) is 9.72. The van der Waals surface area contributed by atoms with Crippen molar-refractivity contribution >= 4 is 35.0 Å². The molecule has 2 rings (SSSR count).